The van der Waals surface area contributed by atoms with E-state index in [0.29, 0.717) is 6.54 Å². The molecule has 1 aromatic heterocycles. The number of aromatic nitrogens is 2. The van der Waals surface area contributed by atoms with E-state index >= 15 is 0 Å². The molecule has 78 valence electrons. The maximum Gasteiger partial charge on any atom is 0.235 e. The molecule has 2 aromatic rings. The Morgan fingerprint density at radius 3 is 3.19 bits per heavy atom. The van der Waals surface area contributed by atoms with Crippen molar-refractivity contribution in [2.75, 3.05) is 6.54 Å². The van der Waals surface area contributed by atoms with Gasteiger partial charge in [0, 0.05) is 5.56 Å². The molecule has 1 aliphatic rings. The van der Waals surface area contributed by atoms with Crippen molar-refractivity contribution in [1.82, 2.24) is 9.55 Å². The minimum Gasteiger partial charge on any atom is -0.321 e. The molecule has 3 rings (SSSR count). The van der Waals surface area contributed by atoms with E-state index < -0.39 is 0 Å². The maximum absolute atomic E-state index is 10.2. The van der Waals surface area contributed by atoms with Crippen LogP contribution in [0.25, 0.3) is 11.3 Å². The van der Waals surface area contributed by atoms with E-state index in [-0.39, 0.29) is 6.04 Å². The summed E-state index contributed by atoms with van der Waals surface area (Å²) >= 11 is 0. The van der Waals surface area contributed by atoms with Gasteiger partial charge in [0.05, 0.1) is 30.8 Å². The van der Waals surface area contributed by atoms with Gasteiger partial charge in [-0.3, -0.25) is 0 Å². The SMILES string of the molecule is O=C=NCC1c2ccccc2-c2cncn21. The van der Waals surface area contributed by atoms with E-state index in [1.165, 1.54) is 11.1 Å². The van der Waals surface area contributed by atoms with Crippen molar-refractivity contribution >= 4 is 6.08 Å². The highest BCUT2D eigenvalue weighted by molar-refractivity contribution is 5.69. The molecule has 0 spiro atoms. The van der Waals surface area contributed by atoms with Crippen molar-refractivity contribution in [2.24, 2.45) is 4.99 Å². The summed E-state index contributed by atoms with van der Waals surface area (Å²) in [7, 11) is 0. The molecule has 4 heteroatoms. The standard InChI is InChI=1S/C12H9N3O/c16-8-14-6-12-10-4-2-1-3-9(10)11-5-13-7-15(11)12/h1-5,7,12H,6H2. The molecule has 1 aromatic carbocycles. The van der Waals surface area contributed by atoms with Gasteiger partial charge in [0.2, 0.25) is 6.08 Å². The van der Waals surface area contributed by atoms with Gasteiger partial charge in [0.1, 0.15) is 0 Å². The summed E-state index contributed by atoms with van der Waals surface area (Å²) in [6.45, 7) is 0.421. The first-order valence-corrected chi connectivity index (χ1v) is 5.06. The summed E-state index contributed by atoms with van der Waals surface area (Å²) < 4.78 is 2.05. The monoisotopic (exact) mass is 211 g/mol. The number of carbonyl (C=O) groups excluding carboxylic acids is 1. The molecule has 1 atom stereocenters. The van der Waals surface area contributed by atoms with Crippen molar-refractivity contribution in [3.8, 4) is 11.3 Å². The number of hydrogen-bond donors (Lipinski definition) is 0. The van der Waals surface area contributed by atoms with Gasteiger partial charge in [0.25, 0.3) is 0 Å². The maximum atomic E-state index is 10.2. The van der Waals surface area contributed by atoms with Crippen molar-refractivity contribution in [2.45, 2.75) is 6.04 Å². The molecule has 16 heavy (non-hydrogen) atoms. The number of nitrogens with zero attached hydrogens (tertiary/aromatic N) is 3. The molecule has 4 nitrogen and oxygen atoms in total. The van der Waals surface area contributed by atoms with Crippen molar-refractivity contribution in [1.29, 1.82) is 0 Å². The van der Waals surface area contributed by atoms with Crippen LogP contribution in [0.15, 0.2) is 41.8 Å². The lowest BCUT2D eigenvalue weighted by molar-refractivity contribution is 0.556. The van der Waals surface area contributed by atoms with Crippen molar-refractivity contribution < 1.29 is 4.79 Å². The van der Waals surface area contributed by atoms with Gasteiger partial charge in [-0.2, -0.15) is 0 Å². The van der Waals surface area contributed by atoms with E-state index in [1.807, 2.05) is 22.9 Å². The summed E-state index contributed by atoms with van der Waals surface area (Å²) in [6, 6.07) is 8.20. The van der Waals surface area contributed by atoms with Gasteiger partial charge in [-0.1, -0.05) is 24.3 Å². The molecule has 0 aliphatic carbocycles. The van der Waals surface area contributed by atoms with Crippen LogP contribution in [0.2, 0.25) is 0 Å². The van der Waals surface area contributed by atoms with Crippen LogP contribution in [-0.2, 0) is 4.79 Å². The summed E-state index contributed by atoms with van der Waals surface area (Å²) in [4.78, 5) is 18.0. The lowest BCUT2D eigenvalue weighted by Gasteiger charge is -2.10. The Bertz CT molecular complexity index is 581. The molecule has 0 radical (unpaired) electrons. The van der Waals surface area contributed by atoms with Gasteiger partial charge in [-0.25, -0.2) is 14.8 Å². The van der Waals surface area contributed by atoms with Gasteiger partial charge in [0.15, 0.2) is 0 Å². The Morgan fingerprint density at radius 1 is 1.44 bits per heavy atom. The smallest absolute Gasteiger partial charge is 0.235 e. The Balaban J connectivity index is 2.16. The number of fused-ring (bicyclic) bond motifs is 3. The second-order valence-corrected chi connectivity index (χ2v) is 3.72. The molecule has 1 aliphatic heterocycles. The third kappa shape index (κ3) is 1.14. The fourth-order valence-corrected chi connectivity index (χ4v) is 2.24. The quantitative estimate of drug-likeness (QED) is 0.561. The number of benzene rings is 1. The van der Waals surface area contributed by atoms with Gasteiger partial charge < -0.3 is 4.57 Å². The molecule has 0 amide bonds. The lowest BCUT2D eigenvalue weighted by atomic mass is 10.0. The topological polar surface area (TPSA) is 47.2 Å². The fourth-order valence-electron chi connectivity index (χ4n) is 2.24. The first-order valence-electron chi connectivity index (χ1n) is 5.06. The number of isocyanates is 1. The number of imidazole rings is 1. The van der Waals surface area contributed by atoms with Crippen LogP contribution in [0.4, 0.5) is 0 Å². The first-order chi connectivity index (χ1) is 7.92. The van der Waals surface area contributed by atoms with Crippen molar-refractivity contribution in [3.05, 3.63) is 42.4 Å². The van der Waals surface area contributed by atoms with Crippen LogP contribution in [0.3, 0.4) is 0 Å². The molecule has 0 bridgehead atoms. The number of rotatable bonds is 2. The van der Waals surface area contributed by atoms with E-state index in [4.69, 9.17) is 0 Å². The lowest BCUT2D eigenvalue weighted by Crippen LogP contribution is -2.08. The molecule has 0 fully saturated rings. The van der Waals surface area contributed by atoms with Gasteiger partial charge in [-0.05, 0) is 5.56 Å². The van der Waals surface area contributed by atoms with E-state index in [1.54, 1.807) is 12.4 Å². The van der Waals surface area contributed by atoms with E-state index in [9.17, 15) is 4.79 Å². The largest absolute Gasteiger partial charge is 0.321 e. The van der Waals surface area contributed by atoms with Crippen LogP contribution in [0.5, 0.6) is 0 Å². The predicted molar refractivity (Wildman–Crippen MR) is 58.8 cm³/mol. The van der Waals surface area contributed by atoms with Gasteiger partial charge in [-0.15, -0.1) is 0 Å². The summed E-state index contributed by atoms with van der Waals surface area (Å²) in [5.41, 5.74) is 3.45. The zero-order valence-electron chi connectivity index (χ0n) is 8.50. The highest BCUT2D eigenvalue weighted by Gasteiger charge is 2.27. The average molecular weight is 211 g/mol. The van der Waals surface area contributed by atoms with Crippen LogP contribution < -0.4 is 0 Å². The molecule has 0 N–H and O–H groups in total. The first kappa shape index (κ1) is 9.07. The Hall–Kier alpha value is -2.19. The summed E-state index contributed by atoms with van der Waals surface area (Å²) in [5.74, 6) is 0. The van der Waals surface area contributed by atoms with Crippen LogP contribution in [-0.4, -0.2) is 22.2 Å². The minimum absolute atomic E-state index is 0.0788. The highest BCUT2D eigenvalue weighted by Crippen LogP contribution is 2.38. The Morgan fingerprint density at radius 2 is 2.31 bits per heavy atom. The van der Waals surface area contributed by atoms with Crippen LogP contribution in [0, 0.1) is 0 Å². The zero-order chi connectivity index (χ0) is 11.0. The predicted octanol–water partition coefficient (Wildman–Crippen LogP) is 1.79. The molecular formula is C12H9N3O. The number of aliphatic imine (C=N–C) groups is 1. The molecule has 0 saturated carbocycles. The summed E-state index contributed by atoms with van der Waals surface area (Å²) in [5, 5.41) is 0. The highest BCUT2D eigenvalue weighted by atomic mass is 16.1. The Labute approximate surface area is 92.3 Å². The Kier molecular flexibility index (Phi) is 1.95. The molecular weight excluding hydrogens is 202 g/mol. The molecule has 0 saturated heterocycles. The zero-order valence-corrected chi connectivity index (χ0v) is 8.50. The second kappa shape index (κ2) is 3.43. The normalized spacial score (nSPS) is 16.4. The van der Waals surface area contributed by atoms with Crippen molar-refractivity contribution in [3.63, 3.8) is 0 Å². The van der Waals surface area contributed by atoms with E-state index in [0.717, 1.165) is 5.69 Å². The van der Waals surface area contributed by atoms with E-state index in [2.05, 4.69) is 22.1 Å². The minimum atomic E-state index is 0.0788. The molecule has 1 unspecified atom stereocenters. The van der Waals surface area contributed by atoms with Crippen LogP contribution in [0.1, 0.15) is 11.6 Å². The second-order valence-electron chi connectivity index (χ2n) is 3.72. The third-order valence-corrected chi connectivity index (χ3v) is 2.93. The van der Waals surface area contributed by atoms with Gasteiger partial charge >= 0.3 is 0 Å². The summed E-state index contributed by atoms with van der Waals surface area (Å²) in [6.07, 6.45) is 5.20. The third-order valence-electron chi connectivity index (χ3n) is 2.93. The average Bonchev–Trinajstić information content (AvgIpc) is 2.87. The number of hydrogen-bond acceptors (Lipinski definition) is 3. The molecule has 2 heterocycles. The van der Waals surface area contributed by atoms with Crippen LogP contribution >= 0.6 is 0 Å². The fraction of sp³-hybridized carbons (Fsp3) is 0.167.